The second-order valence-corrected chi connectivity index (χ2v) is 6.84. The van der Waals surface area contributed by atoms with E-state index in [0.717, 1.165) is 11.3 Å². The molecule has 0 saturated heterocycles. The van der Waals surface area contributed by atoms with E-state index in [4.69, 9.17) is 4.74 Å². The van der Waals surface area contributed by atoms with Crippen LogP contribution in [-0.2, 0) is 13.6 Å². The van der Waals surface area contributed by atoms with E-state index in [1.54, 1.807) is 0 Å². The number of ether oxygens (including phenoxy) is 1. The SMILES string of the molecule is CCOc1ccc(C(=O)N2Cc3ccccc3C(c3cnn(C)c3)C2)cc1. The lowest BCUT2D eigenvalue weighted by Gasteiger charge is -2.34. The zero-order valence-corrected chi connectivity index (χ0v) is 15.6. The van der Waals surface area contributed by atoms with Crippen LogP contribution in [0, 0.1) is 0 Å². The molecule has 2 aromatic carbocycles. The van der Waals surface area contributed by atoms with Crippen molar-refractivity contribution in [3.05, 3.63) is 83.2 Å². The summed E-state index contributed by atoms with van der Waals surface area (Å²) in [6.07, 6.45) is 3.93. The van der Waals surface area contributed by atoms with Crippen LogP contribution in [-0.4, -0.2) is 33.7 Å². The molecule has 1 aromatic heterocycles. The predicted octanol–water partition coefficient (Wildman–Crippen LogP) is 3.61. The molecule has 0 bridgehead atoms. The monoisotopic (exact) mass is 361 g/mol. The van der Waals surface area contributed by atoms with Crippen LogP contribution < -0.4 is 4.74 Å². The Morgan fingerprint density at radius 1 is 1.19 bits per heavy atom. The van der Waals surface area contributed by atoms with Crippen molar-refractivity contribution in [2.75, 3.05) is 13.2 Å². The lowest BCUT2D eigenvalue weighted by molar-refractivity contribution is 0.0725. The third kappa shape index (κ3) is 3.45. The Bertz CT molecular complexity index is 946. The Morgan fingerprint density at radius 3 is 2.67 bits per heavy atom. The van der Waals surface area contributed by atoms with E-state index in [1.807, 2.05) is 66.3 Å². The molecular weight excluding hydrogens is 338 g/mol. The van der Waals surface area contributed by atoms with Crippen LogP contribution in [0.1, 0.15) is 39.9 Å². The number of hydrogen-bond donors (Lipinski definition) is 0. The molecule has 27 heavy (non-hydrogen) atoms. The standard InChI is InChI=1S/C22H23N3O2/c1-3-27-19-10-8-16(9-11-19)22(26)25-14-17-6-4-5-7-20(17)21(15-25)18-12-23-24(2)13-18/h4-13,21H,3,14-15H2,1-2H3. The first kappa shape index (κ1) is 17.3. The van der Waals surface area contributed by atoms with Gasteiger partial charge in [-0.25, -0.2) is 0 Å². The van der Waals surface area contributed by atoms with Crippen molar-refractivity contribution < 1.29 is 9.53 Å². The van der Waals surface area contributed by atoms with E-state index in [1.165, 1.54) is 11.1 Å². The Hall–Kier alpha value is -3.08. The van der Waals surface area contributed by atoms with Gasteiger partial charge in [-0.05, 0) is 47.9 Å². The fourth-order valence-electron chi connectivity index (χ4n) is 3.71. The zero-order chi connectivity index (χ0) is 18.8. The fourth-order valence-corrected chi connectivity index (χ4v) is 3.71. The molecule has 5 nitrogen and oxygen atoms in total. The lowest BCUT2D eigenvalue weighted by Crippen LogP contribution is -2.38. The molecule has 1 atom stereocenters. The molecule has 1 aliphatic rings. The number of carbonyl (C=O) groups is 1. The third-order valence-electron chi connectivity index (χ3n) is 5.02. The highest BCUT2D eigenvalue weighted by Crippen LogP contribution is 2.34. The van der Waals surface area contributed by atoms with Gasteiger partial charge in [0, 0.05) is 37.8 Å². The molecule has 0 aliphatic carbocycles. The molecule has 138 valence electrons. The average Bonchev–Trinajstić information content (AvgIpc) is 3.13. The number of aryl methyl sites for hydroxylation is 1. The largest absolute Gasteiger partial charge is 0.494 e. The molecule has 4 rings (SSSR count). The van der Waals surface area contributed by atoms with Gasteiger partial charge in [0.25, 0.3) is 5.91 Å². The van der Waals surface area contributed by atoms with Crippen LogP contribution in [0.5, 0.6) is 5.75 Å². The van der Waals surface area contributed by atoms with Crippen LogP contribution in [0.4, 0.5) is 0 Å². The predicted molar refractivity (Wildman–Crippen MR) is 104 cm³/mol. The Kier molecular flexibility index (Phi) is 4.67. The van der Waals surface area contributed by atoms with Crippen LogP contribution in [0.3, 0.4) is 0 Å². The first-order valence-electron chi connectivity index (χ1n) is 9.24. The van der Waals surface area contributed by atoms with Gasteiger partial charge in [-0.15, -0.1) is 0 Å². The molecular formula is C22H23N3O2. The maximum atomic E-state index is 13.1. The average molecular weight is 361 g/mol. The number of aromatic nitrogens is 2. The van der Waals surface area contributed by atoms with E-state index in [9.17, 15) is 4.79 Å². The van der Waals surface area contributed by atoms with Gasteiger partial charge < -0.3 is 9.64 Å². The van der Waals surface area contributed by atoms with Crippen LogP contribution in [0.25, 0.3) is 0 Å². The number of fused-ring (bicyclic) bond motifs is 1. The topological polar surface area (TPSA) is 47.4 Å². The van der Waals surface area contributed by atoms with E-state index in [-0.39, 0.29) is 11.8 Å². The first-order valence-corrected chi connectivity index (χ1v) is 9.24. The van der Waals surface area contributed by atoms with E-state index >= 15 is 0 Å². The molecule has 5 heteroatoms. The second-order valence-electron chi connectivity index (χ2n) is 6.84. The summed E-state index contributed by atoms with van der Waals surface area (Å²) in [6, 6.07) is 15.7. The van der Waals surface area contributed by atoms with Crippen molar-refractivity contribution in [3.8, 4) is 5.75 Å². The zero-order valence-electron chi connectivity index (χ0n) is 15.6. The highest BCUT2D eigenvalue weighted by molar-refractivity contribution is 5.94. The van der Waals surface area contributed by atoms with Crippen molar-refractivity contribution in [1.29, 1.82) is 0 Å². The number of amides is 1. The summed E-state index contributed by atoms with van der Waals surface area (Å²) in [4.78, 5) is 15.1. The third-order valence-corrected chi connectivity index (χ3v) is 5.02. The van der Waals surface area contributed by atoms with E-state index in [0.29, 0.717) is 25.3 Å². The molecule has 0 N–H and O–H groups in total. The molecule has 2 heterocycles. The minimum Gasteiger partial charge on any atom is -0.494 e. The van der Waals surface area contributed by atoms with Gasteiger partial charge in [0.2, 0.25) is 0 Å². The van der Waals surface area contributed by atoms with Gasteiger partial charge >= 0.3 is 0 Å². The van der Waals surface area contributed by atoms with Crippen molar-refractivity contribution in [3.63, 3.8) is 0 Å². The Balaban J connectivity index is 1.63. The van der Waals surface area contributed by atoms with Gasteiger partial charge in [-0.1, -0.05) is 24.3 Å². The number of carbonyl (C=O) groups excluding carboxylic acids is 1. The van der Waals surface area contributed by atoms with E-state index < -0.39 is 0 Å². The van der Waals surface area contributed by atoms with Crippen molar-refractivity contribution in [1.82, 2.24) is 14.7 Å². The lowest BCUT2D eigenvalue weighted by atomic mass is 9.86. The second kappa shape index (κ2) is 7.27. The van der Waals surface area contributed by atoms with Crippen LogP contribution in [0.15, 0.2) is 60.9 Å². The van der Waals surface area contributed by atoms with Gasteiger partial charge in [-0.3, -0.25) is 9.48 Å². The molecule has 1 amide bonds. The molecule has 0 fully saturated rings. The van der Waals surface area contributed by atoms with Crippen LogP contribution in [0.2, 0.25) is 0 Å². The first-order chi connectivity index (χ1) is 13.2. The summed E-state index contributed by atoms with van der Waals surface area (Å²) >= 11 is 0. The number of nitrogens with zero attached hydrogens (tertiary/aromatic N) is 3. The smallest absolute Gasteiger partial charge is 0.254 e. The van der Waals surface area contributed by atoms with Gasteiger partial charge in [-0.2, -0.15) is 5.10 Å². The summed E-state index contributed by atoms with van der Waals surface area (Å²) in [5.74, 6) is 0.961. The summed E-state index contributed by atoms with van der Waals surface area (Å²) in [5, 5.41) is 4.32. The molecule has 0 radical (unpaired) electrons. The molecule has 1 unspecified atom stereocenters. The number of benzene rings is 2. The fraction of sp³-hybridized carbons (Fsp3) is 0.273. The quantitative estimate of drug-likeness (QED) is 0.713. The summed E-state index contributed by atoms with van der Waals surface area (Å²) in [6.45, 7) is 3.83. The van der Waals surface area contributed by atoms with E-state index in [2.05, 4.69) is 23.3 Å². The molecule has 0 spiro atoms. The van der Waals surface area contributed by atoms with Crippen molar-refractivity contribution in [2.24, 2.45) is 7.05 Å². The Morgan fingerprint density at radius 2 is 1.96 bits per heavy atom. The summed E-state index contributed by atoms with van der Waals surface area (Å²) in [7, 11) is 1.92. The number of hydrogen-bond acceptors (Lipinski definition) is 3. The van der Waals surface area contributed by atoms with Gasteiger partial charge in [0.1, 0.15) is 5.75 Å². The molecule has 3 aromatic rings. The van der Waals surface area contributed by atoms with Crippen molar-refractivity contribution in [2.45, 2.75) is 19.4 Å². The van der Waals surface area contributed by atoms with Crippen molar-refractivity contribution >= 4 is 5.91 Å². The maximum Gasteiger partial charge on any atom is 0.254 e. The maximum absolute atomic E-state index is 13.1. The van der Waals surface area contributed by atoms with Gasteiger partial charge in [0.15, 0.2) is 0 Å². The molecule has 1 aliphatic heterocycles. The highest BCUT2D eigenvalue weighted by atomic mass is 16.5. The summed E-state index contributed by atoms with van der Waals surface area (Å²) < 4.78 is 7.29. The van der Waals surface area contributed by atoms with Crippen LogP contribution >= 0.6 is 0 Å². The highest BCUT2D eigenvalue weighted by Gasteiger charge is 2.30. The number of rotatable bonds is 4. The summed E-state index contributed by atoms with van der Waals surface area (Å²) in [5.41, 5.74) is 4.29. The Labute approximate surface area is 159 Å². The van der Waals surface area contributed by atoms with Gasteiger partial charge in [0.05, 0.1) is 12.8 Å². The normalized spacial score (nSPS) is 16.1. The minimum absolute atomic E-state index is 0.0430. The molecule has 0 saturated carbocycles. The minimum atomic E-state index is 0.0430.